The van der Waals surface area contributed by atoms with E-state index in [1.54, 1.807) is 32.4 Å². The van der Waals surface area contributed by atoms with E-state index in [0.29, 0.717) is 41.6 Å². The number of hydrogen-bond acceptors (Lipinski definition) is 5. The van der Waals surface area contributed by atoms with Gasteiger partial charge in [0.05, 0.1) is 31.0 Å². The number of fused-ring (bicyclic) bond motifs is 1. The molecule has 0 N–H and O–H groups in total. The minimum atomic E-state index is -0.340. The number of aromatic nitrogens is 1. The van der Waals surface area contributed by atoms with Gasteiger partial charge in [0.15, 0.2) is 4.80 Å². The number of rotatable bonds is 7. The SMILES string of the molecule is CCOCCn1c(=NC(=O)c2cc(OC)cc(OC)c2)sc2cc(C)c(C)cc21. The van der Waals surface area contributed by atoms with Crippen LogP contribution in [0.2, 0.25) is 0 Å². The highest BCUT2D eigenvalue weighted by Gasteiger charge is 2.13. The number of hydrogen-bond donors (Lipinski definition) is 0. The molecule has 0 unspecified atom stereocenters. The normalized spacial score (nSPS) is 11.8. The lowest BCUT2D eigenvalue weighted by Crippen LogP contribution is -2.19. The lowest BCUT2D eigenvalue weighted by molar-refractivity contribution is 0.0996. The summed E-state index contributed by atoms with van der Waals surface area (Å²) < 4.78 is 19.2. The van der Waals surface area contributed by atoms with Crippen molar-refractivity contribution in [3.63, 3.8) is 0 Å². The van der Waals surface area contributed by atoms with Gasteiger partial charge in [-0.1, -0.05) is 11.3 Å². The molecule has 0 aliphatic rings. The molecule has 0 saturated carbocycles. The Kier molecular flexibility index (Phi) is 6.71. The fourth-order valence-electron chi connectivity index (χ4n) is 3.01. The maximum Gasteiger partial charge on any atom is 0.279 e. The number of nitrogens with zero attached hydrogens (tertiary/aromatic N) is 2. The summed E-state index contributed by atoms with van der Waals surface area (Å²) in [7, 11) is 3.11. The van der Waals surface area contributed by atoms with Crippen molar-refractivity contribution in [3.05, 3.63) is 51.8 Å². The predicted octanol–water partition coefficient (Wildman–Crippen LogP) is 4.11. The molecular formula is C22H26N2O4S. The first-order valence-corrected chi connectivity index (χ1v) is 10.3. The quantitative estimate of drug-likeness (QED) is 0.546. The number of carbonyl (C=O) groups excluding carboxylic acids is 1. The summed E-state index contributed by atoms with van der Waals surface area (Å²) in [6, 6.07) is 9.35. The lowest BCUT2D eigenvalue weighted by atomic mass is 10.1. The number of amides is 1. The third kappa shape index (κ3) is 4.68. The summed E-state index contributed by atoms with van der Waals surface area (Å²) in [5, 5.41) is 0. The van der Waals surface area contributed by atoms with Gasteiger partial charge in [-0.05, 0) is 56.2 Å². The highest BCUT2D eigenvalue weighted by atomic mass is 32.1. The second-order valence-electron chi connectivity index (χ2n) is 6.66. The zero-order valence-corrected chi connectivity index (χ0v) is 18.3. The van der Waals surface area contributed by atoms with E-state index < -0.39 is 0 Å². The third-order valence-electron chi connectivity index (χ3n) is 4.76. The summed E-state index contributed by atoms with van der Waals surface area (Å²) in [5.74, 6) is 0.761. The van der Waals surface area contributed by atoms with E-state index in [0.717, 1.165) is 10.2 Å². The van der Waals surface area contributed by atoms with Gasteiger partial charge < -0.3 is 18.8 Å². The lowest BCUT2D eigenvalue weighted by Gasteiger charge is -2.07. The number of thiazole rings is 1. The molecule has 6 nitrogen and oxygen atoms in total. The van der Waals surface area contributed by atoms with Gasteiger partial charge in [-0.15, -0.1) is 0 Å². The molecule has 154 valence electrons. The Morgan fingerprint density at radius 3 is 2.31 bits per heavy atom. The highest BCUT2D eigenvalue weighted by Crippen LogP contribution is 2.24. The van der Waals surface area contributed by atoms with Crippen LogP contribution in [0, 0.1) is 13.8 Å². The minimum Gasteiger partial charge on any atom is -0.497 e. The van der Waals surface area contributed by atoms with Crippen LogP contribution >= 0.6 is 11.3 Å². The average molecular weight is 415 g/mol. The number of benzene rings is 2. The maximum absolute atomic E-state index is 12.9. The first-order valence-electron chi connectivity index (χ1n) is 9.47. The average Bonchev–Trinajstić information content (AvgIpc) is 3.04. The summed E-state index contributed by atoms with van der Waals surface area (Å²) in [6.07, 6.45) is 0. The molecule has 1 amide bonds. The van der Waals surface area contributed by atoms with E-state index in [1.807, 2.05) is 6.92 Å². The minimum absolute atomic E-state index is 0.340. The Morgan fingerprint density at radius 2 is 1.69 bits per heavy atom. The maximum atomic E-state index is 12.9. The van der Waals surface area contributed by atoms with Gasteiger partial charge in [-0.25, -0.2) is 0 Å². The third-order valence-corrected chi connectivity index (χ3v) is 5.80. The van der Waals surface area contributed by atoms with Crippen molar-refractivity contribution >= 4 is 27.5 Å². The van der Waals surface area contributed by atoms with Crippen LogP contribution in [0.4, 0.5) is 0 Å². The topological polar surface area (TPSA) is 62.1 Å². The first-order chi connectivity index (χ1) is 14.0. The Bertz CT molecular complexity index is 1080. The standard InChI is InChI=1S/C22H26N2O4S/c1-6-28-8-7-24-19-9-14(2)15(3)10-20(19)29-22(24)23-21(25)16-11-17(26-4)13-18(12-16)27-5/h9-13H,6-8H2,1-5H3. The fourth-order valence-corrected chi connectivity index (χ4v) is 4.14. The molecule has 1 heterocycles. The van der Waals surface area contributed by atoms with E-state index >= 15 is 0 Å². The van der Waals surface area contributed by atoms with Crippen LogP contribution in [-0.2, 0) is 11.3 Å². The molecule has 0 radical (unpaired) electrons. The molecule has 0 aliphatic heterocycles. The van der Waals surface area contributed by atoms with Crippen LogP contribution < -0.4 is 14.3 Å². The molecule has 0 bridgehead atoms. The van der Waals surface area contributed by atoms with Crippen molar-refractivity contribution in [2.45, 2.75) is 27.3 Å². The molecule has 2 aromatic carbocycles. The van der Waals surface area contributed by atoms with Crippen LogP contribution in [0.5, 0.6) is 11.5 Å². The summed E-state index contributed by atoms with van der Waals surface area (Å²) >= 11 is 1.51. The second-order valence-corrected chi connectivity index (χ2v) is 7.66. The summed E-state index contributed by atoms with van der Waals surface area (Å²) in [5.41, 5.74) is 3.90. The van der Waals surface area contributed by atoms with Crippen molar-refractivity contribution in [3.8, 4) is 11.5 Å². The molecule has 0 saturated heterocycles. The van der Waals surface area contributed by atoms with E-state index in [1.165, 1.54) is 22.5 Å². The van der Waals surface area contributed by atoms with Crippen molar-refractivity contribution in [2.75, 3.05) is 27.4 Å². The van der Waals surface area contributed by atoms with Crippen molar-refractivity contribution in [1.29, 1.82) is 0 Å². The Morgan fingerprint density at radius 1 is 1.03 bits per heavy atom. The van der Waals surface area contributed by atoms with Gasteiger partial charge >= 0.3 is 0 Å². The largest absolute Gasteiger partial charge is 0.497 e. The molecule has 0 fully saturated rings. The molecule has 1 aromatic heterocycles. The first kappa shape index (κ1) is 21.1. The molecule has 29 heavy (non-hydrogen) atoms. The molecule has 7 heteroatoms. The highest BCUT2D eigenvalue weighted by molar-refractivity contribution is 7.16. The molecule has 3 rings (SSSR count). The van der Waals surface area contributed by atoms with Crippen molar-refractivity contribution in [2.24, 2.45) is 4.99 Å². The fraction of sp³-hybridized carbons (Fsp3) is 0.364. The van der Waals surface area contributed by atoms with Crippen molar-refractivity contribution in [1.82, 2.24) is 4.57 Å². The molecular weight excluding hydrogens is 388 g/mol. The van der Waals surface area contributed by atoms with Crippen molar-refractivity contribution < 1.29 is 19.0 Å². The van der Waals surface area contributed by atoms with Crippen LogP contribution in [0.25, 0.3) is 10.2 Å². The number of ether oxygens (including phenoxy) is 3. The van der Waals surface area contributed by atoms with Gasteiger partial charge in [0, 0.05) is 24.8 Å². The number of carbonyl (C=O) groups is 1. The summed E-state index contributed by atoms with van der Waals surface area (Å²) in [6.45, 7) is 7.98. The Labute approximate surface area is 174 Å². The van der Waals surface area contributed by atoms with Gasteiger partial charge in [-0.3, -0.25) is 4.79 Å². The zero-order valence-electron chi connectivity index (χ0n) is 17.4. The van der Waals surface area contributed by atoms with Gasteiger partial charge in [0.2, 0.25) is 0 Å². The van der Waals surface area contributed by atoms with Gasteiger partial charge in [0.1, 0.15) is 11.5 Å². The van der Waals surface area contributed by atoms with Crippen LogP contribution in [-0.4, -0.2) is 37.9 Å². The van der Waals surface area contributed by atoms with E-state index in [9.17, 15) is 4.79 Å². The van der Waals surface area contributed by atoms with E-state index in [4.69, 9.17) is 14.2 Å². The Hall–Kier alpha value is -2.64. The smallest absolute Gasteiger partial charge is 0.279 e. The Balaban J connectivity index is 2.10. The van der Waals surface area contributed by atoms with Crippen LogP contribution in [0.15, 0.2) is 35.3 Å². The van der Waals surface area contributed by atoms with E-state index in [2.05, 4.69) is 35.5 Å². The summed E-state index contributed by atoms with van der Waals surface area (Å²) in [4.78, 5) is 18.0. The number of methoxy groups -OCH3 is 2. The van der Waals surface area contributed by atoms with Crippen LogP contribution in [0.3, 0.4) is 0 Å². The van der Waals surface area contributed by atoms with E-state index in [-0.39, 0.29) is 5.91 Å². The predicted molar refractivity (Wildman–Crippen MR) is 115 cm³/mol. The molecule has 0 aliphatic carbocycles. The monoisotopic (exact) mass is 414 g/mol. The van der Waals surface area contributed by atoms with Gasteiger partial charge in [0.25, 0.3) is 5.91 Å². The number of aryl methyl sites for hydroxylation is 2. The molecule has 0 spiro atoms. The zero-order chi connectivity index (χ0) is 21.0. The van der Waals surface area contributed by atoms with Gasteiger partial charge in [-0.2, -0.15) is 4.99 Å². The second kappa shape index (κ2) is 9.24. The molecule has 0 atom stereocenters. The molecule has 3 aromatic rings. The van der Waals surface area contributed by atoms with Crippen LogP contribution in [0.1, 0.15) is 28.4 Å².